The molecule has 0 amide bonds. The summed E-state index contributed by atoms with van der Waals surface area (Å²) >= 11 is 0. The summed E-state index contributed by atoms with van der Waals surface area (Å²) in [5, 5.41) is 0. The largest absolute Gasteiger partial charge is 0.679 e. The summed E-state index contributed by atoms with van der Waals surface area (Å²) in [6, 6.07) is 0. The summed E-state index contributed by atoms with van der Waals surface area (Å²) < 4.78 is 21.7. The first-order valence-corrected chi connectivity index (χ1v) is 7.14. The lowest BCUT2D eigenvalue weighted by molar-refractivity contribution is -0.0247. The van der Waals surface area contributed by atoms with Gasteiger partial charge in [0.1, 0.15) is 0 Å². The zero-order valence-electron chi connectivity index (χ0n) is 10.7. The molecule has 93 valence electrons. The van der Waals surface area contributed by atoms with E-state index in [1.165, 1.54) is 0 Å². The summed E-state index contributed by atoms with van der Waals surface area (Å²) in [5.41, 5.74) is 0. The van der Waals surface area contributed by atoms with Gasteiger partial charge >= 0.3 is 9.05 Å². The van der Waals surface area contributed by atoms with E-state index >= 15 is 0 Å². The van der Waals surface area contributed by atoms with E-state index < -0.39 is 9.05 Å². The zero-order chi connectivity index (χ0) is 12.2. The normalized spacial score (nSPS) is 10.8. The molecule has 0 aromatic carbocycles. The van der Waals surface area contributed by atoms with Gasteiger partial charge in [-0.3, -0.25) is 0 Å². The molecule has 15 heavy (non-hydrogen) atoms. The third-order valence-corrected chi connectivity index (χ3v) is 3.85. The first kappa shape index (κ1) is 17.5. The minimum Gasteiger partial charge on any atom is -0.351 e. The molecule has 0 rings (SSSR count). The molecule has 0 N–H and O–H groups in total. The van der Waals surface area contributed by atoms with Gasteiger partial charge in [0.15, 0.2) is 0 Å². The Labute approximate surface area is 95.4 Å². The maximum atomic E-state index is 5.42. The molecule has 0 aliphatic heterocycles. The standard InChI is InChI=1S/C8H20O4Si.C2H5/c1-5-9-13(10-6-2,11-7-3)12-8-4;1-2/h5-8H2,1-4H3;1H2,2H3. The van der Waals surface area contributed by atoms with Crippen LogP contribution < -0.4 is 0 Å². The Morgan fingerprint density at radius 3 is 1.00 bits per heavy atom. The van der Waals surface area contributed by atoms with Gasteiger partial charge < -0.3 is 17.7 Å². The maximum Gasteiger partial charge on any atom is 0.679 e. The minimum absolute atomic E-state index is 0.548. The van der Waals surface area contributed by atoms with E-state index in [4.69, 9.17) is 17.7 Å². The van der Waals surface area contributed by atoms with Crippen molar-refractivity contribution in [3.05, 3.63) is 6.92 Å². The molecule has 0 spiro atoms. The SMILES string of the molecule is CCO[Si](OCC)(OCC)OCC.[CH2]C. The average Bonchev–Trinajstić information content (AvgIpc) is 2.22. The molecule has 0 saturated heterocycles. The van der Waals surface area contributed by atoms with E-state index in [1.807, 2.05) is 27.7 Å². The predicted octanol–water partition coefficient (Wildman–Crippen LogP) is 2.41. The summed E-state index contributed by atoms with van der Waals surface area (Å²) in [6.45, 7) is 14.8. The molecule has 5 heteroatoms. The van der Waals surface area contributed by atoms with Crippen LogP contribution in [0.25, 0.3) is 0 Å². The lowest BCUT2D eigenvalue weighted by atomic mass is 10.9. The van der Waals surface area contributed by atoms with Gasteiger partial charge in [-0.25, -0.2) is 0 Å². The fourth-order valence-electron chi connectivity index (χ4n) is 0.957. The Morgan fingerprint density at radius 2 is 0.867 bits per heavy atom. The van der Waals surface area contributed by atoms with Crippen LogP contribution in [0.5, 0.6) is 0 Å². The molecule has 0 unspecified atom stereocenters. The quantitative estimate of drug-likeness (QED) is 0.608. The van der Waals surface area contributed by atoms with E-state index in [2.05, 4.69) is 6.92 Å². The Balaban J connectivity index is 0. The molecule has 0 bridgehead atoms. The van der Waals surface area contributed by atoms with Gasteiger partial charge in [-0.15, -0.1) is 0 Å². The van der Waals surface area contributed by atoms with Crippen LogP contribution in [0.15, 0.2) is 0 Å². The minimum atomic E-state index is -2.80. The molecule has 1 radical (unpaired) electrons. The van der Waals surface area contributed by atoms with Crippen LogP contribution >= 0.6 is 0 Å². The Hall–Kier alpha value is 0.0569. The van der Waals surface area contributed by atoms with Crippen molar-refractivity contribution < 1.29 is 17.7 Å². The highest BCUT2D eigenvalue weighted by Gasteiger charge is 2.44. The number of hydrogen-bond donors (Lipinski definition) is 0. The van der Waals surface area contributed by atoms with E-state index in [0.717, 1.165) is 0 Å². The number of hydrogen-bond acceptors (Lipinski definition) is 4. The monoisotopic (exact) mass is 237 g/mol. The lowest BCUT2D eigenvalue weighted by Crippen LogP contribution is -2.49. The molecule has 4 nitrogen and oxygen atoms in total. The third kappa shape index (κ3) is 7.93. The van der Waals surface area contributed by atoms with Crippen LogP contribution in [-0.2, 0) is 17.7 Å². The summed E-state index contributed by atoms with van der Waals surface area (Å²) in [4.78, 5) is 0. The van der Waals surface area contributed by atoms with Crippen LogP contribution in [0, 0.1) is 6.92 Å². The zero-order valence-corrected chi connectivity index (χ0v) is 11.7. The van der Waals surface area contributed by atoms with Gasteiger partial charge in [0.25, 0.3) is 0 Å². The lowest BCUT2D eigenvalue weighted by Gasteiger charge is -2.26. The molecule has 0 aromatic heterocycles. The van der Waals surface area contributed by atoms with Crippen molar-refractivity contribution >= 4 is 9.05 Å². The Bertz CT molecular complexity index is 92.5. The van der Waals surface area contributed by atoms with Gasteiger partial charge in [0.2, 0.25) is 0 Å². The molecule has 0 fully saturated rings. The summed E-state index contributed by atoms with van der Waals surface area (Å²) in [6.07, 6.45) is 0. The topological polar surface area (TPSA) is 36.9 Å². The molecule has 0 atom stereocenters. The molecule has 0 aliphatic carbocycles. The Kier molecular flexibility index (Phi) is 14.1. The van der Waals surface area contributed by atoms with E-state index in [9.17, 15) is 0 Å². The van der Waals surface area contributed by atoms with Crippen LogP contribution in [-0.4, -0.2) is 35.5 Å². The number of rotatable bonds is 8. The second-order valence-electron chi connectivity index (χ2n) is 2.23. The van der Waals surface area contributed by atoms with E-state index in [1.54, 1.807) is 6.92 Å². The second-order valence-corrected chi connectivity index (χ2v) is 4.39. The third-order valence-electron chi connectivity index (χ3n) is 1.28. The molecule has 0 saturated carbocycles. The van der Waals surface area contributed by atoms with Crippen LogP contribution in [0.1, 0.15) is 34.6 Å². The average molecular weight is 237 g/mol. The highest BCUT2D eigenvalue weighted by atomic mass is 28.4. The van der Waals surface area contributed by atoms with Crippen molar-refractivity contribution in [3.8, 4) is 0 Å². The predicted molar refractivity (Wildman–Crippen MR) is 63.3 cm³/mol. The van der Waals surface area contributed by atoms with Crippen LogP contribution in [0.4, 0.5) is 0 Å². The van der Waals surface area contributed by atoms with Crippen molar-refractivity contribution in [1.82, 2.24) is 0 Å². The highest BCUT2D eigenvalue weighted by molar-refractivity contribution is 6.53. The van der Waals surface area contributed by atoms with Gasteiger partial charge in [0.05, 0.1) is 0 Å². The van der Waals surface area contributed by atoms with Crippen molar-refractivity contribution in [2.75, 3.05) is 26.4 Å². The van der Waals surface area contributed by atoms with Crippen LogP contribution in [0.3, 0.4) is 0 Å². The van der Waals surface area contributed by atoms with Gasteiger partial charge in [-0.2, -0.15) is 0 Å². The maximum absolute atomic E-state index is 5.42. The van der Waals surface area contributed by atoms with Gasteiger partial charge in [-0.05, 0) is 27.7 Å². The van der Waals surface area contributed by atoms with Crippen molar-refractivity contribution in [2.45, 2.75) is 34.6 Å². The first-order chi connectivity index (χ1) is 7.24. The van der Waals surface area contributed by atoms with Crippen molar-refractivity contribution in [2.24, 2.45) is 0 Å². The molecular weight excluding hydrogens is 212 g/mol. The molecular formula is C10H25O4Si. The van der Waals surface area contributed by atoms with E-state index in [-0.39, 0.29) is 0 Å². The smallest absolute Gasteiger partial charge is 0.351 e. The van der Waals surface area contributed by atoms with Crippen molar-refractivity contribution in [1.29, 1.82) is 0 Å². The molecule has 0 aromatic rings. The summed E-state index contributed by atoms with van der Waals surface area (Å²) in [5.74, 6) is 0. The van der Waals surface area contributed by atoms with E-state index in [0.29, 0.717) is 26.4 Å². The van der Waals surface area contributed by atoms with Gasteiger partial charge in [-0.1, -0.05) is 13.8 Å². The Morgan fingerprint density at radius 1 is 0.667 bits per heavy atom. The summed E-state index contributed by atoms with van der Waals surface area (Å²) in [7, 11) is -2.80. The molecule has 0 aliphatic rings. The fraction of sp³-hybridized carbons (Fsp3) is 0.900. The highest BCUT2D eigenvalue weighted by Crippen LogP contribution is 2.11. The first-order valence-electron chi connectivity index (χ1n) is 5.51. The molecule has 0 heterocycles. The second kappa shape index (κ2) is 12.1. The van der Waals surface area contributed by atoms with Crippen molar-refractivity contribution in [3.63, 3.8) is 0 Å². The van der Waals surface area contributed by atoms with Gasteiger partial charge in [0, 0.05) is 26.4 Å². The van der Waals surface area contributed by atoms with Crippen LogP contribution in [0.2, 0.25) is 0 Å². The fourth-order valence-corrected chi connectivity index (χ4v) is 2.87.